The average Bonchev–Trinajstić information content (AvgIpc) is 2.71. The minimum absolute atomic E-state index is 0.221. The van der Waals surface area contributed by atoms with Gasteiger partial charge in [-0.05, 0) is 37.3 Å². The zero-order chi connectivity index (χ0) is 23.2. The van der Waals surface area contributed by atoms with E-state index in [2.05, 4.69) is 15.3 Å². The summed E-state index contributed by atoms with van der Waals surface area (Å²) in [7, 11) is -1.50. The molecule has 8 nitrogen and oxygen atoms in total. The first kappa shape index (κ1) is 24.5. The van der Waals surface area contributed by atoms with E-state index in [-0.39, 0.29) is 23.9 Å². The van der Waals surface area contributed by atoms with Crippen molar-refractivity contribution >= 4 is 15.7 Å². The number of nitrogens with zero attached hydrogens (tertiary/aromatic N) is 2. The van der Waals surface area contributed by atoms with Crippen molar-refractivity contribution in [3.05, 3.63) is 36.0 Å². The first-order valence-corrected chi connectivity index (χ1v) is 10.7. The molecule has 2 rings (SSSR count). The molecular formula is C19H22F3N3O5S. The van der Waals surface area contributed by atoms with Crippen LogP contribution < -0.4 is 10.1 Å². The lowest BCUT2D eigenvalue weighted by Crippen LogP contribution is -2.36. The van der Waals surface area contributed by atoms with Crippen LogP contribution in [-0.4, -0.2) is 56.9 Å². The molecule has 0 spiro atoms. The van der Waals surface area contributed by atoms with E-state index >= 15 is 0 Å². The van der Waals surface area contributed by atoms with E-state index in [1.165, 1.54) is 38.5 Å². The van der Waals surface area contributed by atoms with Crippen LogP contribution in [0.4, 0.5) is 13.2 Å². The highest BCUT2D eigenvalue weighted by Gasteiger charge is 2.35. The number of methoxy groups -OCH3 is 2. The fourth-order valence-electron chi connectivity index (χ4n) is 2.58. The predicted molar refractivity (Wildman–Crippen MR) is 105 cm³/mol. The molecule has 1 aromatic carbocycles. The molecule has 31 heavy (non-hydrogen) atoms. The molecule has 0 fully saturated rings. The van der Waals surface area contributed by atoms with E-state index in [4.69, 9.17) is 9.47 Å². The lowest BCUT2D eigenvalue weighted by atomic mass is 10.1. The quantitative estimate of drug-likeness (QED) is 0.572. The maximum atomic E-state index is 13.3. The lowest BCUT2D eigenvalue weighted by Gasteiger charge is -2.13. The fourth-order valence-corrected chi connectivity index (χ4v) is 3.69. The summed E-state index contributed by atoms with van der Waals surface area (Å²) in [5.74, 6) is -0.868. The number of benzene rings is 1. The van der Waals surface area contributed by atoms with Crippen LogP contribution >= 0.6 is 0 Å². The Labute approximate surface area is 177 Å². The second-order valence-electron chi connectivity index (χ2n) is 6.64. The van der Waals surface area contributed by atoms with Crippen molar-refractivity contribution in [3.63, 3.8) is 0 Å². The van der Waals surface area contributed by atoms with Crippen molar-refractivity contribution in [2.24, 2.45) is 0 Å². The van der Waals surface area contributed by atoms with Crippen LogP contribution in [0.15, 0.2) is 35.5 Å². The molecule has 1 amide bonds. The molecule has 0 bridgehead atoms. The van der Waals surface area contributed by atoms with Crippen LogP contribution in [0.1, 0.15) is 19.0 Å². The summed E-state index contributed by atoms with van der Waals surface area (Å²) >= 11 is 0. The van der Waals surface area contributed by atoms with Crippen molar-refractivity contribution in [1.29, 1.82) is 0 Å². The van der Waals surface area contributed by atoms with Crippen LogP contribution in [0.3, 0.4) is 0 Å². The van der Waals surface area contributed by atoms with Crippen molar-refractivity contribution in [2.75, 3.05) is 26.6 Å². The van der Waals surface area contributed by atoms with Gasteiger partial charge >= 0.3 is 6.18 Å². The minimum atomic E-state index is -4.89. The van der Waals surface area contributed by atoms with Crippen LogP contribution in [0.2, 0.25) is 0 Å². The summed E-state index contributed by atoms with van der Waals surface area (Å²) in [6.45, 7) is 1.88. The second-order valence-corrected chi connectivity index (χ2v) is 8.64. The number of hydrogen-bond donors (Lipinski definition) is 1. The summed E-state index contributed by atoms with van der Waals surface area (Å²) in [6.07, 6.45) is -5.35. The highest BCUT2D eigenvalue weighted by molar-refractivity contribution is 7.91. The number of ether oxygens (including phenoxy) is 2. The van der Waals surface area contributed by atoms with E-state index in [9.17, 15) is 26.4 Å². The van der Waals surface area contributed by atoms with Gasteiger partial charge in [0, 0.05) is 25.1 Å². The second kappa shape index (κ2) is 10.1. The van der Waals surface area contributed by atoms with E-state index < -0.39 is 44.9 Å². The molecule has 0 aliphatic carbocycles. The van der Waals surface area contributed by atoms with Crippen molar-refractivity contribution in [1.82, 2.24) is 15.3 Å². The Balaban J connectivity index is 2.34. The number of amides is 1. The topological polar surface area (TPSA) is 107 Å². The van der Waals surface area contributed by atoms with Gasteiger partial charge in [-0.25, -0.2) is 18.4 Å². The summed E-state index contributed by atoms with van der Waals surface area (Å²) in [4.78, 5) is 18.9. The maximum absolute atomic E-state index is 13.3. The fraction of sp³-hybridized carbons (Fsp3) is 0.421. The molecular weight excluding hydrogens is 439 g/mol. The molecule has 1 heterocycles. The van der Waals surface area contributed by atoms with Crippen molar-refractivity contribution in [2.45, 2.75) is 30.7 Å². The molecule has 0 unspecified atom stereocenters. The highest BCUT2D eigenvalue weighted by atomic mass is 32.2. The highest BCUT2D eigenvalue weighted by Crippen LogP contribution is 2.31. The maximum Gasteiger partial charge on any atom is 0.433 e. The molecule has 0 saturated carbocycles. The normalized spacial score (nSPS) is 13.0. The van der Waals surface area contributed by atoms with Gasteiger partial charge in [0.15, 0.2) is 0 Å². The zero-order valence-corrected chi connectivity index (χ0v) is 17.9. The molecule has 0 aliphatic heterocycles. The summed E-state index contributed by atoms with van der Waals surface area (Å²) < 4.78 is 75.0. The number of sulfone groups is 1. The van der Waals surface area contributed by atoms with Crippen LogP contribution in [0.25, 0.3) is 11.3 Å². The molecule has 1 atom stereocenters. The number of carbonyl (C=O) groups excluding carboxylic acids is 1. The third-order valence-corrected chi connectivity index (χ3v) is 5.56. The third kappa shape index (κ3) is 6.89. The SMILES string of the molecule is COC[C@@H](C)NC(=O)CCS(=O)(=O)c1nc(-c2ccc(OC)cc2)cc(C(F)(F)F)n1. The molecule has 12 heteroatoms. The minimum Gasteiger partial charge on any atom is -0.497 e. The number of halogens is 3. The molecule has 0 aliphatic rings. The number of hydrogen-bond acceptors (Lipinski definition) is 7. The van der Waals surface area contributed by atoms with E-state index in [1.54, 1.807) is 6.92 Å². The Morgan fingerprint density at radius 3 is 2.35 bits per heavy atom. The predicted octanol–water partition coefficient (Wildman–Crippen LogP) is 2.49. The average molecular weight is 461 g/mol. The van der Waals surface area contributed by atoms with Gasteiger partial charge in [-0.15, -0.1) is 0 Å². The van der Waals surface area contributed by atoms with E-state index in [0.717, 1.165) is 0 Å². The van der Waals surface area contributed by atoms with E-state index in [0.29, 0.717) is 11.8 Å². The van der Waals surface area contributed by atoms with Gasteiger partial charge in [0.1, 0.15) is 11.4 Å². The van der Waals surface area contributed by atoms with Gasteiger partial charge in [-0.3, -0.25) is 4.79 Å². The molecule has 170 valence electrons. The molecule has 1 aromatic heterocycles. The van der Waals surface area contributed by atoms with Crippen molar-refractivity contribution < 1.29 is 35.9 Å². The van der Waals surface area contributed by atoms with Gasteiger partial charge in [-0.1, -0.05) is 0 Å². The Morgan fingerprint density at radius 1 is 1.16 bits per heavy atom. The van der Waals surface area contributed by atoms with Gasteiger partial charge in [-0.2, -0.15) is 13.2 Å². The number of carbonyl (C=O) groups is 1. The Morgan fingerprint density at radius 2 is 1.81 bits per heavy atom. The summed E-state index contributed by atoms with van der Waals surface area (Å²) in [5, 5.41) is 1.53. The number of rotatable bonds is 9. The Bertz CT molecular complexity index is 1010. The number of nitrogens with one attached hydrogen (secondary N) is 1. The first-order valence-electron chi connectivity index (χ1n) is 9.08. The van der Waals surface area contributed by atoms with E-state index in [1.807, 2.05) is 0 Å². The van der Waals surface area contributed by atoms with Gasteiger partial charge in [0.2, 0.25) is 20.9 Å². The molecule has 1 N–H and O–H groups in total. The van der Waals surface area contributed by atoms with Gasteiger partial charge in [0.05, 0.1) is 25.2 Å². The van der Waals surface area contributed by atoms with Crippen LogP contribution in [0, 0.1) is 0 Å². The number of alkyl halides is 3. The molecule has 0 radical (unpaired) electrons. The van der Waals surface area contributed by atoms with Gasteiger partial charge in [0.25, 0.3) is 0 Å². The lowest BCUT2D eigenvalue weighted by molar-refractivity contribution is -0.141. The zero-order valence-electron chi connectivity index (χ0n) is 17.1. The Hall–Kier alpha value is -2.73. The summed E-state index contributed by atoms with van der Waals surface area (Å²) in [5.41, 5.74) is -1.37. The largest absolute Gasteiger partial charge is 0.497 e. The molecule has 2 aromatic rings. The van der Waals surface area contributed by atoms with Crippen molar-refractivity contribution in [3.8, 4) is 17.0 Å². The summed E-state index contributed by atoms with van der Waals surface area (Å²) in [6, 6.07) is 6.21. The first-order chi connectivity index (χ1) is 14.5. The standard InChI is InChI=1S/C19H22F3N3O5S/c1-12(11-29-2)23-17(26)8-9-31(27,28)18-24-15(10-16(25-18)19(20,21)22)13-4-6-14(30-3)7-5-13/h4-7,10,12H,8-9,11H2,1-3H3,(H,23,26)/t12-/m1/s1. The Kier molecular flexibility index (Phi) is 7.96. The van der Waals surface area contributed by atoms with Gasteiger partial charge < -0.3 is 14.8 Å². The number of aromatic nitrogens is 2. The monoisotopic (exact) mass is 461 g/mol. The van der Waals surface area contributed by atoms with Crippen LogP contribution in [-0.2, 0) is 25.5 Å². The molecule has 0 saturated heterocycles. The third-order valence-electron chi connectivity index (χ3n) is 4.08. The van der Waals surface area contributed by atoms with Crippen LogP contribution in [0.5, 0.6) is 5.75 Å². The smallest absolute Gasteiger partial charge is 0.433 e.